The Morgan fingerprint density at radius 1 is 1.53 bits per heavy atom. The lowest BCUT2D eigenvalue weighted by atomic mass is 10.2. The van der Waals surface area contributed by atoms with Crippen molar-refractivity contribution in [2.24, 2.45) is 10.7 Å². The number of ether oxygens (including phenoxy) is 1. The van der Waals surface area contributed by atoms with Crippen LogP contribution in [0.3, 0.4) is 0 Å². The number of nitrogens with two attached hydrogens (primary N) is 1. The molecule has 0 amide bonds. The molecule has 0 rings (SSSR count). The monoisotopic (exact) mass is 272 g/mol. The van der Waals surface area contributed by atoms with Crippen LogP contribution >= 0.6 is 34.8 Å². The molecule has 0 aliphatic heterocycles. The van der Waals surface area contributed by atoms with Gasteiger partial charge in [-0.2, -0.15) is 0 Å². The number of nitrogens with zero attached hydrogens (tertiary/aromatic N) is 1. The van der Waals surface area contributed by atoms with Crippen molar-refractivity contribution < 1.29 is 9.53 Å². The molecule has 0 saturated heterocycles. The topological polar surface area (TPSA) is 64.7 Å². The van der Waals surface area contributed by atoms with Crippen molar-refractivity contribution in [2.45, 2.75) is 10.7 Å². The Hall–Kier alpha value is -0.450. The number of rotatable bonds is 3. The number of carbonyl (C=O) groups excluding carboxylic acids is 1. The zero-order valence-electron chi connectivity index (χ0n) is 8.26. The highest BCUT2D eigenvalue weighted by atomic mass is 35.6. The normalized spacial score (nSPS) is 13.9. The maximum absolute atomic E-state index is 11.4. The number of esters is 1. The van der Waals surface area contributed by atoms with E-state index < -0.39 is 9.76 Å². The van der Waals surface area contributed by atoms with Crippen LogP contribution in [0.25, 0.3) is 0 Å². The molecule has 0 aliphatic rings. The smallest absolute Gasteiger partial charge is 0.341 e. The summed E-state index contributed by atoms with van der Waals surface area (Å²) < 4.78 is 2.87. The molecule has 0 unspecified atom stereocenters. The third kappa shape index (κ3) is 4.73. The van der Waals surface area contributed by atoms with E-state index in [1.54, 1.807) is 6.92 Å². The zero-order valence-corrected chi connectivity index (χ0v) is 10.5. The summed E-state index contributed by atoms with van der Waals surface area (Å²) in [5.74, 6) is -0.674. The fourth-order valence-corrected chi connectivity index (χ4v) is 1.03. The first-order valence-corrected chi connectivity index (χ1v) is 5.14. The minimum atomic E-state index is -1.86. The molecule has 0 heterocycles. The van der Waals surface area contributed by atoms with Gasteiger partial charge in [-0.05, 0) is 6.92 Å². The molecule has 15 heavy (non-hydrogen) atoms. The standard InChI is InChI=1S/C8H11Cl3N2O2/c1-3-15-7(14)5(4-13-2)6(12)8(9,10)11/h4H,3,12H2,1-2H3/b6-5-,13-4?. The van der Waals surface area contributed by atoms with Gasteiger partial charge in [0.15, 0.2) is 0 Å². The van der Waals surface area contributed by atoms with Gasteiger partial charge in [0.05, 0.1) is 12.3 Å². The molecule has 0 fully saturated rings. The molecule has 0 bridgehead atoms. The Labute approximate surface area is 103 Å². The first-order chi connectivity index (χ1) is 6.84. The van der Waals surface area contributed by atoms with Crippen LogP contribution in [0.4, 0.5) is 0 Å². The molecule has 4 nitrogen and oxygen atoms in total. The predicted octanol–water partition coefficient (Wildman–Crippen LogP) is 1.83. The van der Waals surface area contributed by atoms with Crippen molar-refractivity contribution in [3.8, 4) is 0 Å². The van der Waals surface area contributed by atoms with E-state index in [2.05, 4.69) is 4.99 Å². The summed E-state index contributed by atoms with van der Waals surface area (Å²) in [6.45, 7) is 1.86. The van der Waals surface area contributed by atoms with E-state index in [1.165, 1.54) is 13.3 Å². The number of carbonyl (C=O) groups is 1. The highest BCUT2D eigenvalue weighted by molar-refractivity contribution is 6.69. The van der Waals surface area contributed by atoms with Gasteiger partial charge in [-0.1, -0.05) is 34.8 Å². The summed E-state index contributed by atoms with van der Waals surface area (Å²) in [6, 6.07) is 0. The van der Waals surface area contributed by atoms with E-state index in [1.807, 2.05) is 0 Å². The Kier molecular flexibility index (Phi) is 6.02. The largest absolute Gasteiger partial charge is 0.462 e. The first kappa shape index (κ1) is 14.6. The van der Waals surface area contributed by atoms with Gasteiger partial charge in [-0.3, -0.25) is 4.99 Å². The lowest BCUT2D eigenvalue weighted by Gasteiger charge is -2.14. The lowest BCUT2D eigenvalue weighted by Crippen LogP contribution is -2.23. The third-order valence-electron chi connectivity index (χ3n) is 1.35. The van der Waals surface area contributed by atoms with Crippen LogP contribution in [0.2, 0.25) is 0 Å². The van der Waals surface area contributed by atoms with Gasteiger partial charge in [0.25, 0.3) is 0 Å². The van der Waals surface area contributed by atoms with Crippen molar-refractivity contribution in [3.05, 3.63) is 11.3 Å². The van der Waals surface area contributed by atoms with E-state index >= 15 is 0 Å². The maximum Gasteiger partial charge on any atom is 0.341 e. The number of hydrogen-bond donors (Lipinski definition) is 1. The average Bonchev–Trinajstić information content (AvgIpc) is 2.12. The molecular weight excluding hydrogens is 262 g/mol. The molecule has 0 spiro atoms. The van der Waals surface area contributed by atoms with Crippen LogP contribution in [0.1, 0.15) is 6.92 Å². The summed E-state index contributed by atoms with van der Waals surface area (Å²) >= 11 is 16.6. The van der Waals surface area contributed by atoms with E-state index in [0.717, 1.165) is 0 Å². The summed E-state index contributed by atoms with van der Waals surface area (Å²) in [4.78, 5) is 15.0. The molecule has 0 radical (unpaired) electrons. The van der Waals surface area contributed by atoms with Crippen LogP contribution in [-0.4, -0.2) is 29.6 Å². The Bertz CT molecular complexity index is 295. The SMILES string of the molecule is CCOC(=O)/C(C=NC)=C(\N)C(Cl)(Cl)Cl. The number of aliphatic imine (C=N–C) groups is 1. The first-order valence-electron chi connectivity index (χ1n) is 4.00. The molecule has 0 aromatic heterocycles. The second kappa shape index (κ2) is 6.20. The molecule has 0 saturated carbocycles. The van der Waals surface area contributed by atoms with E-state index in [0.29, 0.717) is 0 Å². The molecular formula is C8H11Cl3N2O2. The van der Waals surface area contributed by atoms with Crippen molar-refractivity contribution in [1.82, 2.24) is 0 Å². The highest BCUT2D eigenvalue weighted by Crippen LogP contribution is 2.33. The van der Waals surface area contributed by atoms with Crippen LogP contribution in [0.15, 0.2) is 16.3 Å². The van der Waals surface area contributed by atoms with Crippen LogP contribution in [0, 0.1) is 0 Å². The van der Waals surface area contributed by atoms with E-state index in [-0.39, 0.29) is 17.9 Å². The fraction of sp³-hybridized carbons (Fsp3) is 0.500. The number of hydrogen-bond acceptors (Lipinski definition) is 4. The average molecular weight is 274 g/mol. The van der Waals surface area contributed by atoms with Crippen molar-refractivity contribution in [3.63, 3.8) is 0 Å². The quantitative estimate of drug-likeness (QED) is 0.369. The fourth-order valence-electron chi connectivity index (χ4n) is 0.723. The Morgan fingerprint density at radius 3 is 2.40 bits per heavy atom. The lowest BCUT2D eigenvalue weighted by molar-refractivity contribution is -0.137. The van der Waals surface area contributed by atoms with Gasteiger partial charge in [0, 0.05) is 13.3 Å². The van der Waals surface area contributed by atoms with Gasteiger partial charge in [-0.25, -0.2) is 4.79 Å². The third-order valence-corrected chi connectivity index (χ3v) is 1.96. The maximum atomic E-state index is 11.4. The molecule has 0 atom stereocenters. The second-order valence-corrected chi connectivity index (χ2v) is 4.71. The van der Waals surface area contributed by atoms with Gasteiger partial charge >= 0.3 is 5.97 Å². The summed E-state index contributed by atoms with van der Waals surface area (Å²) in [7, 11) is 1.46. The second-order valence-electron chi connectivity index (χ2n) is 2.43. The number of alkyl halides is 3. The van der Waals surface area contributed by atoms with E-state index in [9.17, 15) is 4.79 Å². The van der Waals surface area contributed by atoms with Crippen molar-refractivity contribution in [1.29, 1.82) is 0 Å². The van der Waals surface area contributed by atoms with Crippen LogP contribution < -0.4 is 5.73 Å². The summed E-state index contributed by atoms with van der Waals surface area (Å²) in [5.41, 5.74) is 5.24. The Balaban J connectivity index is 5.20. The van der Waals surface area contributed by atoms with Gasteiger partial charge < -0.3 is 10.5 Å². The van der Waals surface area contributed by atoms with Crippen LogP contribution in [0.5, 0.6) is 0 Å². The highest BCUT2D eigenvalue weighted by Gasteiger charge is 2.29. The summed E-state index contributed by atoms with van der Waals surface area (Å²) in [5, 5.41) is 0. The number of allylic oxidation sites excluding steroid dienone is 1. The van der Waals surface area contributed by atoms with E-state index in [4.69, 9.17) is 45.3 Å². The minimum absolute atomic E-state index is 0.0562. The van der Waals surface area contributed by atoms with Crippen molar-refractivity contribution in [2.75, 3.05) is 13.7 Å². The molecule has 0 aromatic carbocycles. The van der Waals surface area contributed by atoms with Crippen molar-refractivity contribution >= 4 is 47.0 Å². The summed E-state index contributed by atoms with van der Waals surface area (Å²) in [6.07, 6.45) is 1.19. The molecule has 0 aliphatic carbocycles. The predicted molar refractivity (Wildman–Crippen MR) is 62.6 cm³/mol. The zero-order chi connectivity index (χ0) is 12.1. The molecule has 0 aromatic rings. The molecule has 7 heteroatoms. The van der Waals surface area contributed by atoms with Gasteiger partial charge in [0.1, 0.15) is 5.57 Å². The Morgan fingerprint density at radius 2 is 2.07 bits per heavy atom. The minimum Gasteiger partial charge on any atom is -0.462 e. The number of halogens is 3. The molecule has 2 N–H and O–H groups in total. The van der Waals surface area contributed by atoms with Gasteiger partial charge in [-0.15, -0.1) is 0 Å². The van der Waals surface area contributed by atoms with Gasteiger partial charge in [0.2, 0.25) is 3.79 Å². The molecule has 86 valence electrons. The van der Waals surface area contributed by atoms with Crippen LogP contribution in [-0.2, 0) is 9.53 Å².